The number of hydrogen-bond donors (Lipinski definition) is 3. The molecule has 0 bridgehead atoms. The van der Waals surface area contributed by atoms with Crippen molar-refractivity contribution >= 4 is 0 Å². The van der Waals surface area contributed by atoms with Crippen LogP contribution in [0.15, 0.2) is 24.3 Å². The lowest BCUT2D eigenvalue weighted by Gasteiger charge is -2.05. The highest BCUT2D eigenvalue weighted by molar-refractivity contribution is 5.36. The van der Waals surface area contributed by atoms with Gasteiger partial charge in [-0.15, -0.1) is 6.42 Å². The number of rotatable bonds is 25. The highest BCUT2D eigenvalue weighted by atomic mass is 16.3. The third-order valence-corrected chi connectivity index (χ3v) is 6.89. The summed E-state index contributed by atoms with van der Waals surface area (Å²) in [4.78, 5) is 0. The molecule has 0 fully saturated rings. The van der Waals surface area contributed by atoms with Gasteiger partial charge in [-0.3, -0.25) is 0 Å². The Morgan fingerprint density at radius 1 is 0.550 bits per heavy atom. The molecule has 0 aromatic rings. The lowest BCUT2D eigenvalue weighted by atomic mass is 10.0. The molecular formula is C37H56O3. The van der Waals surface area contributed by atoms with E-state index in [1.165, 1.54) is 109 Å². The van der Waals surface area contributed by atoms with Gasteiger partial charge in [-0.05, 0) is 80.8 Å². The van der Waals surface area contributed by atoms with Crippen molar-refractivity contribution < 1.29 is 15.3 Å². The van der Waals surface area contributed by atoms with Gasteiger partial charge in [0.1, 0.15) is 12.7 Å². The van der Waals surface area contributed by atoms with Crippen LogP contribution in [0.3, 0.4) is 0 Å². The van der Waals surface area contributed by atoms with Crippen molar-refractivity contribution in [1.29, 1.82) is 0 Å². The first kappa shape index (κ1) is 37.6. The van der Waals surface area contributed by atoms with Crippen LogP contribution in [0.4, 0.5) is 0 Å². The molecule has 0 heterocycles. The number of aliphatic hydroxyl groups is 3. The zero-order valence-electron chi connectivity index (χ0n) is 25.1. The quantitative estimate of drug-likeness (QED) is 0.0615. The van der Waals surface area contributed by atoms with Gasteiger partial charge in [0, 0.05) is 0 Å². The van der Waals surface area contributed by atoms with Crippen LogP contribution in [0.1, 0.15) is 141 Å². The Labute approximate surface area is 247 Å². The van der Waals surface area contributed by atoms with E-state index in [9.17, 15) is 10.2 Å². The van der Waals surface area contributed by atoms with Crippen molar-refractivity contribution in [1.82, 2.24) is 0 Å². The fourth-order valence-corrected chi connectivity index (χ4v) is 4.53. The molecule has 0 amide bonds. The van der Waals surface area contributed by atoms with E-state index in [-0.39, 0.29) is 12.7 Å². The molecule has 0 aliphatic rings. The molecule has 3 nitrogen and oxygen atoms in total. The van der Waals surface area contributed by atoms with E-state index < -0.39 is 6.10 Å². The molecule has 2 atom stereocenters. The Morgan fingerprint density at radius 3 is 1.50 bits per heavy atom. The molecule has 0 rings (SSSR count). The molecule has 222 valence electrons. The van der Waals surface area contributed by atoms with Gasteiger partial charge >= 0.3 is 0 Å². The highest BCUT2D eigenvalue weighted by Crippen LogP contribution is 2.14. The molecule has 40 heavy (non-hydrogen) atoms. The molecule has 0 spiro atoms. The molecule has 0 aliphatic carbocycles. The van der Waals surface area contributed by atoms with E-state index in [4.69, 9.17) is 11.5 Å². The van der Waals surface area contributed by atoms with E-state index in [2.05, 4.69) is 53.6 Å². The smallest absolute Gasteiger partial charge is 0.115 e. The monoisotopic (exact) mass is 548 g/mol. The topological polar surface area (TPSA) is 60.7 Å². The Bertz CT molecular complexity index is 844. The third-order valence-electron chi connectivity index (χ3n) is 6.89. The minimum atomic E-state index is -0.610. The van der Waals surface area contributed by atoms with Crippen LogP contribution in [-0.4, -0.2) is 34.1 Å². The van der Waals surface area contributed by atoms with Crippen molar-refractivity contribution in [3.63, 3.8) is 0 Å². The van der Waals surface area contributed by atoms with E-state index >= 15 is 0 Å². The lowest BCUT2D eigenvalue weighted by molar-refractivity contribution is 0.208. The summed E-state index contributed by atoms with van der Waals surface area (Å²) >= 11 is 0. The van der Waals surface area contributed by atoms with Crippen molar-refractivity contribution in [3.05, 3.63) is 24.3 Å². The molecule has 0 radical (unpaired) electrons. The minimum Gasteiger partial charge on any atom is -0.389 e. The second-order valence-corrected chi connectivity index (χ2v) is 10.6. The zero-order chi connectivity index (χ0) is 29.2. The maximum atomic E-state index is 9.82. The average molecular weight is 549 g/mol. The maximum absolute atomic E-state index is 9.82. The summed E-state index contributed by atoms with van der Waals surface area (Å²) in [7, 11) is 0. The molecule has 0 saturated carbocycles. The number of allylic oxidation sites excluding steroid dienone is 3. The first-order valence-electron chi connectivity index (χ1n) is 15.9. The first-order valence-corrected chi connectivity index (χ1v) is 15.9. The predicted octanol–water partition coefficient (Wildman–Crippen LogP) is 8.04. The summed E-state index contributed by atoms with van der Waals surface area (Å²) in [6.07, 6.45) is 39.1. The Morgan fingerprint density at radius 2 is 1.00 bits per heavy atom. The number of aliphatic hydroxyl groups excluding tert-OH is 3. The predicted molar refractivity (Wildman–Crippen MR) is 171 cm³/mol. The fourth-order valence-electron chi connectivity index (χ4n) is 4.53. The Hall–Kier alpha value is -2.40. The third kappa shape index (κ3) is 31.8. The van der Waals surface area contributed by atoms with Gasteiger partial charge in [-0.1, -0.05) is 126 Å². The van der Waals surface area contributed by atoms with E-state index in [0.29, 0.717) is 6.42 Å². The number of terminal acetylenes is 1. The molecular weight excluding hydrogens is 492 g/mol. The van der Waals surface area contributed by atoms with Crippen LogP contribution >= 0.6 is 0 Å². The fraction of sp³-hybridized carbons (Fsp3) is 0.676. The van der Waals surface area contributed by atoms with E-state index in [1.54, 1.807) is 12.2 Å². The van der Waals surface area contributed by atoms with Crippen LogP contribution in [0.25, 0.3) is 0 Å². The van der Waals surface area contributed by atoms with Crippen LogP contribution in [0.2, 0.25) is 0 Å². The van der Waals surface area contributed by atoms with E-state index in [1.807, 2.05) is 0 Å². The van der Waals surface area contributed by atoms with Crippen LogP contribution in [-0.2, 0) is 0 Å². The van der Waals surface area contributed by atoms with E-state index in [0.717, 1.165) is 25.7 Å². The first-order chi connectivity index (χ1) is 19.7. The summed E-state index contributed by atoms with van der Waals surface area (Å²) in [6.45, 7) is -0.199. The van der Waals surface area contributed by atoms with Gasteiger partial charge in [-0.25, -0.2) is 0 Å². The van der Waals surface area contributed by atoms with Crippen LogP contribution in [0.5, 0.6) is 0 Å². The largest absolute Gasteiger partial charge is 0.389 e. The normalized spacial score (nSPS) is 12.2. The molecule has 0 unspecified atom stereocenters. The molecule has 0 aliphatic heterocycles. The lowest BCUT2D eigenvalue weighted by Crippen LogP contribution is -2.01. The summed E-state index contributed by atoms with van der Waals surface area (Å²) in [6, 6.07) is 0. The SMILES string of the molecule is C#C/C=C/[C@H](O)CCCCCCCCCCC/C=C/CCCCCCCCCCC[C@H](O)C#CC#CC#CCO. The van der Waals surface area contributed by atoms with Gasteiger partial charge in [0.25, 0.3) is 0 Å². The van der Waals surface area contributed by atoms with Gasteiger partial charge in [0.2, 0.25) is 0 Å². The van der Waals surface area contributed by atoms with Gasteiger partial charge in [0.15, 0.2) is 0 Å². The second-order valence-electron chi connectivity index (χ2n) is 10.6. The Balaban J connectivity index is 3.30. The summed E-state index contributed by atoms with van der Waals surface area (Å²) in [5, 5.41) is 28.0. The summed E-state index contributed by atoms with van der Waals surface area (Å²) in [5.41, 5.74) is 0. The van der Waals surface area contributed by atoms with Gasteiger partial charge < -0.3 is 15.3 Å². The van der Waals surface area contributed by atoms with Gasteiger partial charge in [0.05, 0.1) is 6.10 Å². The molecule has 0 aromatic heterocycles. The maximum Gasteiger partial charge on any atom is 0.115 e. The summed E-state index contributed by atoms with van der Waals surface area (Å²) in [5.74, 6) is 17.7. The standard InChI is InChI=1S/C37H56O3/c1-2-3-31-36(39)32-27-23-20-18-16-14-12-10-8-6-4-5-7-9-11-13-15-17-19-21-24-28-33-37(40)34-29-25-22-26-30-35-38/h1,3-5,31,36-40H,6-21,23-24,27-28,32-33,35H2/b5-4+,31-3+/t36-,37-/m0/s1. The van der Waals surface area contributed by atoms with Crippen molar-refractivity contribution in [2.75, 3.05) is 6.61 Å². The Kier molecular flexibility index (Phi) is 30.8. The van der Waals surface area contributed by atoms with Crippen molar-refractivity contribution in [2.45, 2.75) is 153 Å². The second kappa shape index (κ2) is 32.8. The number of unbranched alkanes of at least 4 members (excludes halogenated alkanes) is 18. The number of hydrogen-bond acceptors (Lipinski definition) is 3. The van der Waals surface area contributed by atoms with Gasteiger partial charge in [-0.2, -0.15) is 0 Å². The average Bonchev–Trinajstić information content (AvgIpc) is 2.96. The van der Waals surface area contributed by atoms with Crippen LogP contribution in [0, 0.1) is 47.9 Å². The summed E-state index contributed by atoms with van der Waals surface area (Å²) < 4.78 is 0. The molecule has 0 saturated heterocycles. The highest BCUT2D eigenvalue weighted by Gasteiger charge is 2.00. The van der Waals surface area contributed by atoms with Crippen LogP contribution < -0.4 is 0 Å². The van der Waals surface area contributed by atoms with Crippen molar-refractivity contribution in [3.8, 4) is 47.9 Å². The minimum absolute atomic E-state index is 0.199. The molecule has 3 N–H and O–H groups in total. The molecule has 0 aromatic carbocycles. The van der Waals surface area contributed by atoms with Crippen molar-refractivity contribution in [2.24, 2.45) is 0 Å². The zero-order valence-corrected chi connectivity index (χ0v) is 25.1. The molecule has 3 heteroatoms.